The second-order valence-corrected chi connectivity index (χ2v) is 7.99. The van der Waals surface area contributed by atoms with Gasteiger partial charge in [-0.05, 0) is 60.3 Å². The highest BCUT2D eigenvalue weighted by molar-refractivity contribution is 8.26. The second-order valence-electron chi connectivity index (χ2n) is 5.47. The van der Waals surface area contributed by atoms with Crippen LogP contribution in [0.3, 0.4) is 0 Å². The Kier molecular flexibility index (Phi) is 6.40. The molecule has 10 heteroatoms. The third kappa shape index (κ3) is 4.93. The fourth-order valence-corrected chi connectivity index (χ4v) is 3.60. The van der Waals surface area contributed by atoms with E-state index >= 15 is 0 Å². The van der Waals surface area contributed by atoms with Gasteiger partial charge in [-0.1, -0.05) is 47.7 Å². The summed E-state index contributed by atoms with van der Waals surface area (Å²) in [5, 5.41) is 4.13. The summed E-state index contributed by atoms with van der Waals surface area (Å²) in [6, 6.07) is 12.1. The molecule has 2 aromatic carbocycles. The number of anilines is 1. The average molecular weight is 452 g/mol. The lowest BCUT2D eigenvalue weighted by atomic mass is 10.2. The number of halogens is 2. The normalized spacial score (nSPS) is 15.1. The number of nitrogens with zero attached hydrogens (tertiary/aromatic N) is 1. The van der Waals surface area contributed by atoms with Crippen molar-refractivity contribution in [3.05, 3.63) is 69.8 Å². The van der Waals surface area contributed by atoms with Crippen LogP contribution in [0.25, 0.3) is 6.08 Å². The smallest absolute Gasteiger partial charge is 0.285 e. The number of hydrogen-bond acceptors (Lipinski definition) is 5. The van der Waals surface area contributed by atoms with Gasteiger partial charge in [0.1, 0.15) is 5.82 Å². The predicted molar refractivity (Wildman–Crippen MR) is 117 cm³/mol. The number of rotatable bonds is 3. The first kappa shape index (κ1) is 20.4. The van der Waals surface area contributed by atoms with Gasteiger partial charge in [-0.3, -0.25) is 15.0 Å². The summed E-state index contributed by atoms with van der Waals surface area (Å²) in [5.74, 6) is -1.51. The Morgan fingerprint density at radius 1 is 1.14 bits per heavy atom. The highest BCUT2D eigenvalue weighted by Gasteiger charge is 2.33. The SMILES string of the molecule is O=C(Nc1ccc(F)cc1)C(=S)NN1C(=O)/C(=C\c2ccc(Cl)cc2)SC1=S. The van der Waals surface area contributed by atoms with Crippen molar-refractivity contribution in [1.82, 2.24) is 10.4 Å². The van der Waals surface area contributed by atoms with Gasteiger partial charge >= 0.3 is 0 Å². The fourth-order valence-electron chi connectivity index (χ4n) is 2.15. The van der Waals surface area contributed by atoms with E-state index in [1.807, 2.05) is 0 Å². The first-order valence-electron chi connectivity index (χ1n) is 7.74. The highest BCUT2D eigenvalue weighted by Crippen LogP contribution is 2.31. The van der Waals surface area contributed by atoms with Gasteiger partial charge < -0.3 is 5.32 Å². The summed E-state index contributed by atoms with van der Waals surface area (Å²) in [6.07, 6.45) is 1.67. The lowest BCUT2D eigenvalue weighted by Crippen LogP contribution is -2.48. The largest absolute Gasteiger partial charge is 0.320 e. The van der Waals surface area contributed by atoms with Crippen molar-refractivity contribution in [2.24, 2.45) is 0 Å². The molecule has 142 valence electrons. The molecule has 1 saturated heterocycles. The van der Waals surface area contributed by atoms with Gasteiger partial charge in [-0.15, -0.1) is 0 Å². The number of hydrogen-bond donors (Lipinski definition) is 2. The van der Waals surface area contributed by atoms with E-state index in [1.165, 1.54) is 24.3 Å². The maximum atomic E-state index is 12.9. The van der Waals surface area contributed by atoms with Crippen LogP contribution in [-0.4, -0.2) is 26.1 Å². The van der Waals surface area contributed by atoms with Gasteiger partial charge in [-0.2, -0.15) is 5.01 Å². The van der Waals surface area contributed by atoms with Crippen molar-refractivity contribution in [1.29, 1.82) is 0 Å². The molecule has 3 rings (SSSR count). The molecule has 0 radical (unpaired) electrons. The van der Waals surface area contributed by atoms with E-state index in [9.17, 15) is 14.0 Å². The molecule has 2 aromatic rings. The molecule has 0 atom stereocenters. The van der Waals surface area contributed by atoms with Crippen LogP contribution in [0.1, 0.15) is 5.56 Å². The molecule has 0 aliphatic carbocycles. The van der Waals surface area contributed by atoms with Gasteiger partial charge in [0.05, 0.1) is 4.91 Å². The molecule has 5 nitrogen and oxygen atoms in total. The zero-order chi connectivity index (χ0) is 20.3. The quantitative estimate of drug-likeness (QED) is 0.540. The summed E-state index contributed by atoms with van der Waals surface area (Å²) in [4.78, 5) is 24.9. The van der Waals surface area contributed by atoms with E-state index in [2.05, 4.69) is 10.7 Å². The van der Waals surface area contributed by atoms with E-state index in [-0.39, 0.29) is 9.31 Å². The zero-order valence-corrected chi connectivity index (χ0v) is 17.1. The molecule has 0 saturated carbocycles. The maximum Gasteiger partial charge on any atom is 0.285 e. The molecule has 28 heavy (non-hydrogen) atoms. The minimum absolute atomic E-state index is 0.210. The van der Waals surface area contributed by atoms with Crippen molar-refractivity contribution in [3.63, 3.8) is 0 Å². The monoisotopic (exact) mass is 451 g/mol. The Morgan fingerprint density at radius 2 is 1.79 bits per heavy atom. The Labute approximate surface area is 179 Å². The minimum Gasteiger partial charge on any atom is -0.320 e. The number of thiocarbonyl (C=S) groups is 2. The number of carbonyl (C=O) groups excluding carboxylic acids is 2. The Balaban J connectivity index is 1.66. The molecular weight excluding hydrogens is 441 g/mol. The van der Waals surface area contributed by atoms with Crippen LogP contribution >= 0.6 is 47.8 Å². The van der Waals surface area contributed by atoms with Gasteiger partial charge in [-0.25, -0.2) is 4.39 Å². The van der Waals surface area contributed by atoms with Gasteiger partial charge in [0.25, 0.3) is 11.8 Å². The van der Waals surface area contributed by atoms with Crippen LogP contribution < -0.4 is 10.7 Å². The molecular formula is C18H11ClFN3O2S3. The molecule has 1 heterocycles. The van der Waals surface area contributed by atoms with Crippen molar-refractivity contribution in [2.75, 3.05) is 5.32 Å². The topological polar surface area (TPSA) is 61.4 Å². The molecule has 1 aliphatic rings. The molecule has 0 aromatic heterocycles. The summed E-state index contributed by atoms with van der Waals surface area (Å²) in [6.45, 7) is 0. The van der Waals surface area contributed by atoms with Gasteiger partial charge in [0.15, 0.2) is 9.31 Å². The highest BCUT2D eigenvalue weighted by atomic mass is 35.5. The average Bonchev–Trinajstić information content (AvgIpc) is 2.92. The standard InChI is InChI=1S/C18H11ClFN3O2S3/c19-11-3-1-10(2-4-11)9-14-17(25)23(18(27)28-14)22-16(26)15(24)21-13-7-5-12(20)6-8-13/h1-9H,(H,21,24)(H,22,26)/b14-9+. The Bertz CT molecular complexity index is 994. The molecule has 0 bridgehead atoms. The van der Waals surface area contributed by atoms with Crippen LogP contribution in [0, 0.1) is 5.82 Å². The van der Waals surface area contributed by atoms with Crippen LogP contribution in [0.2, 0.25) is 5.02 Å². The predicted octanol–water partition coefficient (Wildman–Crippen LogP) is 4.15. The summed E-state index contributed by atoms with van der Waals surface area (Å²) >= 11 is 17.2. The Morgan fingerprint density at radius 3 is 2.43 bits per heavy atom. The third-order valence-electron chi connectivity index (χ3n) is 3.48. The summed E-state index contributed by atoms with van der Waals surface area (Å²) in [7, 11) is 0. The Hall–Kier alpha value is -2.33. The van der Waals surface area contributed by atoms with E-state index in [1.54, 1.807) is 30.3 Å². The number of nitrogens with one attached hydrogen (secondary N) is 2. The first-order chi connectivity index (χ1) is 13.3. The van der Waals surface area contributed by atoms with Crippen LogP contribution in [-0.2, 0) is 9.59 Å². The first-order valence-corrected chi connectivity index (χ1v) is 9.75. The number of amides is 2. The van der Waals surface area contributed by atoms with Gasteiger partial charge in [0.2, 0.25) is 0 Å². The van der Waals surface area contributed by atoms with Crippen LogP contribution in [0.15, 0.2) is 53.4 Å². The van der Waals surface area contributed by atoms with Crippen molar-refractivity contribution >= 4 is 80.7 Å². The van der Waals surface area contributed by atoms with E-state index in [4.69, 9.17) is 36.0 Å². The summed E-state index contributed by atoms with van der Waals surface area (Å²) < 4.78 is 13.1. The number of benzene rings is 2. The summed E-state index contributed by atoms with van der Waals surface area (Å²) in [5.41, 5.74) is 3.68. The number of carbonyl (C=O) groups is 2. The van der Waals surface area contributed by atoms with Crippen molar-refractivity contribution < 1.29 is 14.0 Å². The van der Waals surface area contributed by atoms with Gasteiger partial charge in [0, 0.05) is 10.7 Å². The lowest BCUT2D eigenvalue weighted by Gasteiger charge is -2.17. The number of thioether (sulfide) groups is 1. The van der Waals surface area contributed by atoms with E-state index in [0.29, 0.717) is 15.6 Å². The van der Waals surface area contributed by atoms with E-state index in [0.717, 1.165) is 22.3 Å². The third-order valence-corrected chi connectivity index (χ3v) is 5.31. The van der Waals surface area contributed by atoms with Crippen LogP contribution in [0.5, 0.6) is 0 Å². The second kappa shape index (κ2) is 8.78. The maximum absolute atomic E-state index is 12.9. The lowest BCUT2D eigenvalue weighted by molar-refractivity contribution is -0.123. The molecule has 0 spiro atoms. The number of hydrazine groups is 1. The molecule has 1 aliphatic heterocycles. The molecule has 1 fully saturated rings. The van der Waals surface area contributed by atoms with Crippen molar-refractivity contribution in [3.8, 4) is 0 Å². The molecule has 0 unspecified atom stereocenters. The molecule has 2 N–H and O–H groups in total. The molecule has 2 amide bonds. The van der Waals surface area contributed by atoms with E-state index < -0.39 is 17.6 Å². The van der Waals surface area contributed by atoms with Crippen molar-refractivity contribution in [2.45, 2.75) is 0 Å². The fraction of sp³-hybridized carbons (Fsp3) is 0. The van der Waals surface area contributed by atoms with Crippen LogP contribution in [0.4, 0.5) is 10.1 Å². The minimum atomic E-state index is -0.655. The zero-order valence-electron chi connectivity index (χ0n) is 13.9.